The summed E-state index contributed by atoms with van der Waals surface area (Å²) in [5.74, 6) is 0. The van der Waals surface area contributed by atoms with E-state index in [1.807, 2.05) is 6.07 Å². The molecule has 0 radical (unpaired) electrons. The van der Waals surface area contributed by atoms with Crippen LogP contribution in [-0.2, 0) is 0 Å². The summed E-state index contributed by atoms with van der Waals surface area (Å²) in [6, 6.07) is 6.94. The SMILES string of the molecule is CC(C)(C)N1CCCC(N)C1c1cccc([N+](=O)[O-])c1. The number of hydrogen-bond donors (Lipinski definition) is 1. The van der Waals surface area contributed by atoms with E-state index in [9.17, 15) is 10.1 Å². The molecule has 2 N–H and O–H groups in total. The third-order valence-corrected chi connectivity index (χ3v) is 3.96. The van der Waals surface area contributed by atoms with Crippen LogP contribution in [0.5, 0.6) is 0 Å². The topological polar surface area (TPSA) is 72.4 Å². The minimum absolute atomic E-state index is 0.00662. The van der Waals surface area contributed by atoms with Gasteiger partial charge in [-0.15, -0.1) is 0 Å². The van der Waals surface area contributed by atoms with Crippen molar-refractivity contribution in [1.29, 1.82) is 0 Å². The fourth-order valence-electron chi connectivity index (χ4n) is 3.03. The number of likely N-dealkylation sites (tertiary alicyclic amines) is 1. The van der Waals surface area contributed by atoms with Gasteiger partial charge in [-0.05, 0) is 45.7 Å². The Balaban J connectivity index is 2.40. The van der Waals surface area contributed by atoms with Crippen molar-refractivity contribution in [1.82, 2.24) is 4.90 Å². The van der Waals surface area contributed by atoms with Gasteiger partial charge in [0.1, 0.15) is 0 Å². The Morgan fingerprint density at radius 1 is 1.40 bits per heavy atom. The Kier molecular flexibility index (Phi) is 4.11. The average Bonchev–Trinajstić information content (AvgIpc) is 2.37. The Bertz CT molecular complexity index is 496. The lowest BCUT2D eigenvalue weighted by Crippen LogP contribution is -2.53. The molecule has 1 aliphatic rings. The summed E-state index contributed by atoms with van der Waals surface area (Å²) >= 11 is 0. The van der Waals surface area contributed by atoms with E-state index in [2.05, 4.69) is 25.7 Å². The molecule has 110 valence electrons. The van der Waals surface area contributed by atoms with E-state index in [0.29, 0.717) is 0 Å². The van der Waals surface area contributed by atoms with Gasteiger partial charge in [0.15, 0.2) is 0 Å². The number of rotatable bonds is 2. The molecule has 1 aromatic carbocycles. The van der Waals surface area contributed by atoms with Crippen molar-refractivity contribution >= 4 is 5.69 Å². The summed E-state index contributed by atoms with van der Waals surface area (Å²) in [6.07, 6.45) is 2.03. The number of nitro groups is 1. The summed E-state index contributed by atoms with van der Waals surface area (Å²) in [4.78, 5) is 13.0. The van der Waals surface area contributed by atoms with Crippen molar-refractivity contribution in [3.05, 3.63) is 39.9 Å². The molecule has 0 aliphatic carbocycles. The summed E-state index contributed by atoms with van der Waals surface area (Å²) in [7, 11) is 0. The second-order valence-corrected chi connectivity index (χ2v) is 6.47. The summed E-state index contributed by atoms with van der Waals surface area (Å²) in [6.45, 7) is 7.46. The molecule has 5 heteroatoms. The summed E-state index contributed by atoms with van der Waals surface area (Å²) in [5, 5.41) is 11.0. The molecule has 1 heterocycles. The van der Waals surface area contributed by atoms with E-state index in [1.54, 1.807) is 12.1 Å². The van der Waals surface area contributed by atoms with Crippen LogP contribution in [0.2, 0.25) is 0 Å². The molecule has 0 amide bonds. The monoisotopic (exact) mass is 277 g/mol. The highest BCUT2D eigenvalue weighted by Gasteiger charge is 2.36. The smallest absolute Gasteiger partial charge is 0.269 e. The molecule has 1 fully saturated rings. The molecule has 0 saturated carbocycles. The van der Waals surface area contributed by atoms with Gasteiger partial charge in [-0.3, -0.25) is 15.0 Å². The lowest BCUT2D eigenvalue weighted by molar-refractivity contribution is -0.385. The fourth-order valence-corrected chi connectivity index (χ4v) is 3.03. The molecule has 2 unspecified atom stereocenters. The van der Waals surface area contributed by atoms with Gasteiger partial charge in [-0.1, -0.05) is 12.1 Å². The third-order valence-electron chi connectivity index (χ3n) is 3.96. The van der Waals surface area contributed by atoms with Crippen LogP contribution in [0.25, 0.3) is 0 Å². The Morgan fingerprint density at radius 3 is 2.70 bits per heavy atom. The molecule has 1 aliphatic heterocycles. The van der Waals surface area contributed by atoms with E-state index in [0.717, 1.165) is 24.9 Å². The average molecular weight is 277 g/mol. The van der Waals surface area contributed by atoms with Gasteiger partial charge in [0.05, 0.1) is 11.0 Å². The maximum Gasteiger partial charge on any atom is 0.269 e. The van der Waals surface area contributed by atoms with Gasteiger partial charge in [0.25, 0.3) is 5.69 Å². The number of nitrogens with two attached hydrogens (primary N) is 1. The maximum absolute atomic E-state index is 11.0. The quantitative estimate of drug-likeness (QED) is 0.666. The van der Waals surface area contributed by atoms with Crippen LogP contribution in [0.15, 0.2) is 24.3 Å². The van der Waals surface area contributed by atoms with Gasteiger partial charge < -0.3 is 5.73 Å². The number of hydrogen-bond acceptors (Lipinski definition) is 4. The van der Waals surface area contributed by atoms with Gasteiger partial charge in [0.2, 0.25) is 0 Å². The number of nitro benzene ring substituents is 1. The molecule has 20 heavy (non-hydrogen) atoms. The van der Waals surface area contributed by atoms with Crippen molar-refractivity contribution in [2.45, 2.75) is 51.2 Å². The third kappa shape index (κ3) is 2.99. The zero-order chi connectivity index (χ0) is 14.9. The Morgan fingerprint density at radius 2 is 2.10 bits per heavy atom. The predicted molar refractivity (Wildman–Crippen MR) is 79.5 cm³/mol. The van der Waals surface area contributed by atoms with Crippen molar-refractivity contribution in [2.75, 3.05) is 6.54 Å². The van der Waals surface area contributed by atoms with Gasteiger partial charge in [0, 0.05) is 23.7 Å². The first kappa shape index (κ1) is 14.9. The highest BCUT2D eigenvalue weighted by Crippen LogP contribution is 2.36. The maximum atomic E-state index is 11.0. The first-order valence-electron chi connectivity index (χ1n) is 7.07. The number of nitrogens with zero attached hydrogens (tertiary/aromatic N) is 2. The standard InChI is InChI=1S/C15H23N3O2/c1-15(2,3)17-9-5-8-13(16)14(17)11-6-4-7-12(10-11)18(19)20/h4,6-7,10,13-14H,5,8-9,16H2,1-3H3. The highest BCUT2D eigenvalue weighted by atomic mass is 16.6. The van der Waals surface area contributed by atoms with E-state index >= 15 is 0 Å². The molecule has 1 saturated heterocycles. The second kappa shape index (κ2) is 5.50. The fraction of sp³-hybridized carbons (Fsp3) is 0.600. The summed E-state index contributed by atoms with van der Waals surface area (Å²) < 4.78 is 0. The van der Waals surface area contributed by atoms with Crippen LogP contribution in [-0.4, -0.2) is 27.9 Å². The van der Waals surface area contributed by atoms with Crippen LogP contribution >= 0.6 is 0 Å². The van der Waals surface area contributed by atoms with Crippen LogP contribution in [0.4, 0.5) is 5.69 Å². The molecule has 2 atom stereocenters. The second-order valence-electron chi connectivity index (χ2n) is 6.47. The van der Waals surface area contributed by atoms with E-state index in [1.165, 1.54) is 6.07 Å². The van der Waals surface area contributed by atoms with Crippen LogP contribution in [0, 0.1) is 10.1 Å². The summed E-state index contributed by atoms with van der Waals surface area (Å²) in [5.41, 5.74) is 7.39. The zero-order valence-corrected chi connectivity index (χ0v) is 12.4. The molecule has 0 aromatic heterocycles. The number of piperidine rings is 1. The largest absolute Gasteiger partial charge is 0.326 e. The minimum atomic E-state index is -0.348. The molecule has 2 rings (SSSR count). The first-order valence-corrected chi connectivity index (χ1v) is 7.07. The van der Waals surface area contributed by atoms with Crippen molar-refractivity contribution in [3.63, 3.8) is 0 Å². The van der Waals surface area contributed by atoms with Crippen molar-refractivity contribution < 1.29 is 4.92 Å². The predicted octanol–water partition coefficient (Wildman–Crippen LogP) is 2.86. The van der Waals surface area contributed by atoms with Crippen LogP contribution in [0.1, 0.15) is 45.2 Å². The molecule has 5 nitrogen and oxygen atoms in total. The Labute approximate surface area is 119 Å². The molecule has 0 spiro atoms. The molecular formula is C15H23N3O2. The minimum Gasteiger partial charge on any atom is -0.326 e. The number of non-ortho nitro benzene ring substituents is 1. The Hall–Kier alpha value is -1.46. The first-order chi connectivity index (χ1) is 9.30. The van der Waals surface area contributed by atoms with Gasteiger partial charge >= 0.3 is 0 Å². The van der Waals surface area contributed by atoms with Gasteiger partial charge in [-0.25, -0.2) is 0 Å². The van der Waals surface area contributed by atoms with E-state index < -0.39 is 0 Å². The van der Waals surface area contributed by atoms with Crippen molar-refractivity contribution in [2.24, 2.45) is 5.73 Å². The van der Waals surface area contributed by atoms with Crippen LogP contribution in [0.3, 0.4) is 0 Å². The molecular weight excluding hydrogens is 254 g/mol. The zero-order valence-electron chi connectivity index (χ0n) is 12.4. The van der Waals surface area contributed by atoms with Crippen LogP contribution < -0.4 is 5.73 Å². The van der Waals surface area contributed by atoms with Crippen molar-refractivity contribution in [3.8, 4) is 0 Å². The normalized spacial score (nSPS) is 24.6. The lowest BCUT2D eigenvalue weighted by Gasteiger charge is -2.47. The van der Waals surface area contributed by atoms with E-state index in [4.69, 9.17) is 5.73 Å². The van der Waals surface area contributed by atoms with Gasteiger partial charge in [-0.2, -0.15) is 0 Å². The lowest BCUT2D eigenvalue weighted by atomic mass is 9.87. The van der Waals surface area contributed by atoms with E-state index in [-0.39, 0.29) is 28.2 Å². The number of benzene rings is 1. The molecule has 1 aromatic rings. The highest BCUT2D eigenvalue weighted by molar-refractivity contribution is 5.36. The molecule has 0 bridgehead atoms.